The van der Waals surface area contributed by atoms with Crippen molar-refractivity contribution < 1.29 is 4.79 Å². The second-order valence-electron chi connectivity index (χ2n) is 10.3. The highest BCUT2D eigenvalue weighted by Gasteiger charge is 2.34. The van der Waals surface area contributed by atoms with E-state index in [4.69, 9.17) is 0 Å². The van der Waals surface area contributed by atoms with Crippen molar-refractivity contribution in [1.82, 2.24) is 9.97 Å². The summed E-state index contributed by atoms with van der Waals surface area (Å²) in [7, 11) is 1.80. The number of aromatic nitrogens is 2. The molecule has 6 nitrogen and oxygen atoms in total. The average molecular weight is 468 g/mol. The highest BCUT2D eigenvalue weighted by Crippen LogP contribution is 2.45. The lowest BCUT2D eigenvalue weighted by atomic mass is 9.65. The van der Waals surface area contributed by atoms with Crippen LogP contribution in [0, 0.1) is 11.3 Å². The Bertz CT molecular complexity index is 917. The van der Waals surface area contributed by atoms with Gasteiger partial charge in [0.05, 0.1) is 0 Å². The topological polar surface area (TPSA) is 70.2 Å². The van der Waals surface area contributed by atoms with E-state index in [1.54, 1.807) is 17.5 Å². The highest BCUT2D eigenvalue weighted by atomic mass is 16.1. The number of nitrogens with one attached hydrogen (secondary N) is 2. The molecule has 0 spiro atoms. The molecular formula is C28H45N5O. The maximum absolute atomic E-state index is 12.0. The zero-order valence-corrected chi connectivity index (χ0v) is 22.5. The number of carbonyl (C=O) groups is 1. The molecule has 1 aliphatic carbocycles. The lowest BCUT2D eigenvalue weighted by molar-refractivity contribution is -0.107. The van der Waals surface area contributed by atoms with E-state index in [1.165, 1.54) is 31.2 Å². The maximum atomic E-state index is 12.0. The van der Waals surface area contributed by atoms with Crippen LogP contribution in [0.1, 0.15) is 80.6 Å². The van der Waals surface area contributed by atoms with Crippen LogP contribution in [0.3, 0.4) is 0 Å². The van der Waals surface area contributed by atoms with Crippen molar-refractivity contribution in [2.24, 2.45) is 11.3 Å². The number of rotatable bonds is 12. The van der Waals surface area contributed by atoms with Gasteiger partial charge in [0.25, 0.3) is 0 Å². The molecular weight excluding hydrogens is 422 g/mol. The third-order valence-electron chi connectivity index (χ3n) is 7.33. The van der Waals surface area contributed by atoms with E-state index in [0.717, 1.165) is 30.7 Å². The van der Waals surface area contributed by atoms with Crippen LogP contribution in [0.15, 0.2) is 41.3 Å². The summed E-state index contributed by atoms with van der Waals surface area (Å²) in [6, 6.07) is 0.190. The SMILES string of the molecule is CNc1ncnc(NC(C)C)c1N(C=O)C/C(C)=C/C/C=C(\C)CCC1(C)C(C)=CCCC1C. The van der Waals surface area contributed by atoms with Crippen molar-refractivity contribution in [3.63, 3.8) is 0 Å². The van der Waals surface area contributed by atoms with Gasteiger partial charge in [-0.25, -0.2) is 9.97 Å². The van der Waals surface area contributed by atoms with E-state index in [-0.39, 0.29) is 6.04 Å². The lowest BCUT2D eigenvalue weighted by Crippen LogP contribution is -2.29. The van der Waals surface area contributed by atoms with Crippen LogP contribution in [0.5, 0.6) is 0 Å². The number of carbonyl (C=O) groups excluding carboxylic acids is 1. The number of anilines is 3. The summed E-state index contributed by atoms with van der Waals surface area (Å²) in [6.45, 7) is 16.0. The summed E-state index contributed by atoms with van der Waals surface area (Å²) < 4.78 is 0. The normalized spacial score (nSPS) is 21.3. The molecule has 0 radical (unpaired) electrons. The second-order valence-corrected chi connectivity index (χ2v) is 10.3. The molecule has 0 fully saturated rings. The van der Waals surface area contributed by atoms with Crippen molar-refractivity contribution in [2.75, 3.05) is 29.1 Å². The van der Waals surface area contributed by atoms with Crippen LogP contribution in [-0.2, 0) is 4.79 Å². The Labute approximate surface area is 207 Å². The van der Waals surface area contributed by atoms with Gasteiger partial charge in [-0.2, -0.15) is 0 Å². The van der Waals surface area contributed by atoms with Crippen molar-refractivity contribution in [3.8, 4) is 0 Å². The van der Waals surface area contributed by atoms with Gasteiger partial charge in [0.1, 0.15) is 12.0 Å². The zero-order chi connectivity index (χ0) is 25.3. The minimum Gasteiger partial charge on any atom is -0.371 e. The Morgan fingerprint density at radius 3 is 2.53 bits per heavy atom. The number of hydrogen-bond donors (Lipinski definition) is 2. The Balaban J connectivity index is 2.04. The number of nitrogens with zero attached hydrogens (tertiary/aromatic N) is 3. The van der Waals surface area contributed by atoms with Crippen LogP contribution in [0.2, 0.25) is 0 Å². The van der Waals surface area contributed by atoms with Crippen LogP contribution >= 0.6 is 0 Å². The van der Waals surface area contributed by atoms with E-state index in [1.807, 2.05) is 13.8 Å². The van der Waals surface area contributed by atoms with E-state index in [2.05, 4.69) is 73.4 Å². The van der Waals surface area contributed by atoms with Gasteiger partial charge in [0.2, 0.25) is 6.41 Å². The van der Waals surface area contributed by atoms with Gasteiger partial charge in [-0.1, -0.05) is 48.8 Å². The van der Waals surface area contributed by atoms with Crippen molar-refractivity contribution in [3.05, 3.63) is 41.3 Å². The van der Waals surface area contributed by atoms with E-state index in [0.29, 0.717) is 29.3 Å². The Kier molecular flexibility index (Phi) is 10.3. The Morgan fingerprint density at radius 2 is 1.91 bits per heavy atom. The quantitative estimate of drug-likeness (QED) is 0.263. The largest absolute Gasteiger partial charge is 0.371 e. The standard InChI is InChI=1S/C28H45N5O/c1-20(2)32-27-25(26(29-8)30-18-31-27)33(19-34)17-22(4)12-9-11-21(3)15-16-28(7)23(5)13-10-14-24(28)6/h11-13,18-20,24H,9-10,14-17H2,1-8H3,(H2,29,30,31,32)/b21-11+,22-12+. The summed E-state index contributed by atoms with van der Waals surface area (Å²) in [5.74, 6) is 2.02. The van der Waals surface area contributed by atoms with Gasteiger partial charge in [-0.3, -0.25) is 4.79 Å². The molecule has 0 aliphatic heterocycles. The van der Waals surface area contributed by atoms with Crippen LogP contribution in [-0.4, -0.2) is 36.0 Å². The van der Waals surface area contributed by atoms with Gasteiger partial charge >= 0.3 is 0 Å². The molecule has 0 aromatic carbocycles. The van der Waals surface area contributed by atoms with Crippen LogP contribution < -0.4 is 15.5 Å². The molecule has 2 unspecified atom stereocenters. The molecule has 2 rings (SSSR count). The van der Waals surface area contributed by atoms with Crippen molar-refractivity contribution >= 4 is 23.7 Å². The molecule has 1 amide bonds. The second kappa shape index (κ2) is 12.7. The molecule has 0 bridgehead atoms. The Morgan fingerprint density at radius 1 is 1.24 bits per heavy atom. The maximum Gasteiger partial charge on any atom is 0.214 e. The molecule has 0 saturated heterocycles. The molecule has 2 atom stereocenters. The number of amides is 1. The minimum absolute atomic E-state index is 0.190. The molecule has 1 aromatic rings. The third-order valence-corrected chi connectivity index (χ3v) is 7.33. The average Bonchev–Trinajstić information content (AvgIpc) is 2.79. The fraction of sp³-hybridized carbons (Fsp3) is 0.607. The summed E-state index contributed by atoms with van der Waals surface area (Å²) in [4.78, 5) is 22.4. The van der Waals surface area contributed by atoms with Gasteiger partial charge in [-0.05, 0) is 78.1 Å². The van der Waals surface area contributed by atoms with E-state index < -0.39 is 0 Å². The monoisotopic (exact) mass is 467 g/mol. The van der Waals surface area contributed by atoms with Crippen LogP contribution in [0.25, 0.3) is 0 Å². The number of hydrogen-bond acceptors (Lipinski definition) is 5. The molecule has 0 saturated carbocycles. The third kappa shape index (κ3) is 7.18. The zero-order valence-electron chi connectivity index (χ0n) is 22.5. The molecule has 34 heavy (non-hydrogen) atoms. The summed E-state index contributed by atoms with van der Waals surface area (Å²) in [5, 5.41) is 6.40. The first kappa shape index (κ1) is 27.6. The molecule has 188 valence electrons. The first-order chi connectivity index (χ1) is 16.1. The van der Waals surface area contributed by atoms with Gasteiger partial charge in [0, 0.05) is 19.6 Å². The highest BCUT2D eigenvalue weighted by molar-refractivity contribution is 5.89. The predicted molar refractivity (Wildman–Crippen MR) is 145 cm³/mol. The molecule has 1 aliphatic rings. The fourth-order valence-corrected chi connectivity index (χ4v) is 4.67. The number of allylic oxidation sites excluding steroid dienone is 5. The molecule has 6 heteroatoms. The van der Waals surface area contributed by atoms with E-state index in [9.17, 15) is 4.79 Å². The minimum atomic E-state index is 0.190. The smallest absolute Gasteiger partial charge is 0.214 e. The first-order valence-electron chi connectivity index (χ1n) is 12.6. The molecule has 1 heterocycles. The predicted octanol–water partition coefficient (Wildman–Crippen LogP) is 6.75. The van der Waals surface area contributed by atoms with Crippen molar-refractivity contribution in [2.45, 2.75) is 86.6 Å². The van der Waals surface area contributed by atoms with Crippen LogP contribution in [0.4, 0.5) is 17.3 Å². The van der Waals surface area contributed by atoms with Gasteiger partial charge in [-0.15, -0.1) is 0 Å². The first-order valence-corrected chi connectivity index (χ1v) is 12.6. The van der Waals surface area contributed by atoms with Gasteiger partial charge < -0.3 is 15.5 Å². The summed E-state index contributed by atoms with van der Waals surface area (Å²) >= 11 is 0. The summed E-state index contributed by atoms with van der Waals surface area (Å²) in [5.41, 5.74) is 5.10. The summed E-state index contributed by atoms with van der Waals surface area (Å²) in [6.07, 6.45) is 15.0. The van der Waals surface area contributed by atoms with Crippen molar-refractivity contribution in [1.29, 1.82) is 0 Å². The lowest BCUT2D eigenvalue weighted by Gasteiger charge is -2.40. The van der Waals surface area contributed by atoms with Gasteiger partial charge in [0.15, 0.2) is 11.6 Å². The fourth-order valence-electron chi connectivity index (χ4n) is 4.67. The molecule has 1 aromatic heterocycles. The molecule has 2 N–H and O–H groups in total. The Hall–Kier alpha value is -2.63. The van der Waals surface area contributed by atoms with E-state index >= 15 is 0 Å².